The number of ether oxygens (including phenoxy) is 2. The molecule has 4 atom stereocenters. The summed E-state index contributed by atoms with van der Waals surface area (Å²) in [5, 5.41) is 10.5. The highest BCUT2D eigenvalue weighted by atomic mass is 16.7. The first-order valence-corrected chi connectivity index (χ1v) is 8.15. The summed E-state index contributed by atoms with van der Waals surface area (Å²) in [5.41, 5.74) is 0. The Balaban J connectivity index is 1.70. The summed E-state index contributed by atoms with van der Waals surface area (Å²) in [6.45, 7) is 6.00. The third-order valence-electron chi connectivity index (χ3n) is 5.07. The summed E-state index contributed by atoms with van der Waals surface area (Å²) < 4.78 is 10.9. The summed E-state index contributed by atoms with van der Waals surface area (Å²) in [7, 11) is 0. The zero-order valence-electron chi connectivity index (χ0n) is 12.5. The predicted molar refractivity (Wildman–Crippen MR) is 75.8 cm³/mol. The summed E-state index contributed by atoms with van der Waals surface area (Å²) >= 11 is 0. The molecule has 0 amide bonds. The number of aliphatic hydroxyl groups excluding tert-OH is 1. The van der Waals surface area contributed by atoms with Crippen LogP contribution in [0.25, 0.3) is 0 Å². The topological polar surface area (TPSA) is 38.7 Å². The minimum Gasteiger partial charge on any atom is -0.393 e. The molecule has 2 fully saturated rings. The minimum absolute atomic E-state index is 0.0128. The summed E-state index contributed by atoms with van der Waals surface area (Å²) in [6.07, 6.45) is 7.74. The van der Waals surface area contributed by atoms with E-state index in [-0.39, 0.29) is 12.4 Å². The zero-order valence-corrected chi connectivity index (χ0v) is 12.5. The molecule has 0 aromatic carbocycles. The maximum Gasteiger partial charge on any atom is 0.157 e. The molecule has 0 bridgehead atoms. The summed E-state index contributed by atoms with van der Waals surface area (Å²) in [5.74, 6) is 2.10. The third-order valence-corrected chi connectivity index (χ3v) is 5.07. The summed E-state index contributed by atoms with van der Waals surface area (Å²) in [6, 6.07) is 0. The molecular formula is C16H30O3. The largest absolute Gasteiger partial charge is 0.393 e. The van der Waals surface area contributed by atoms with Crippen LogP contribution in [-0.2, 0) is 9.47 Å². The Morgan fingerprint density at radius 2 is 1.84 bits per heavy atom. The fourth-order valence-corrected chi connectivity index (χ4v) is 3.83. The molecular weight excluding hydrogens is 240 g/mol. The molecule has 3 nitrogen and oxygen atoms in total. The molecule has 3 heteroatoms. The van der Waals surface area contributed by atoms with Crippen molar-refractivity contribution in [1.29, 1.82) is 0 Å². The van der Waals surface area contributed by atoms with Crippen molar-refractivity contribution >= 4 is 0 Å². The van der Waals surface area contributed by atoms with Crippen molar-refractivity contribution in [3.8, 4) is 0 Å². The van der Waals surface area contributed by atoms with Crippen molar-refractivity contribution in [2.45, 2.75) is 71.2 Å². The monoisotopic (exact) mass is 270 g/mol. The highest BCUT2D eigenvalue weighted by Gasteiger charge is 2.36. The zero-order chi connectivity index (χ0) is 13.7. The molecule has 1 N–H and O–H groups in total. The van der Waals surface area contributed by atoms with Gasteiger partial charge in [0, 0.05) is 0 Å². The standard InChI is InChI=1S/C16H30O3/c1-3-12-10-13(4-2)14(11-12)15(17)6-5-7-16-18-8-9-19-16/h12-17H,3-11H2,1-2H3. The number of rotatable bonds is 7. The van der Waals surface area contributed by atoms with E-state index in [2.05, 4.69) is 13.8 Å². The molecule has 1 aliphatic heterocycles. The van der Waals surface area contributed by atoms with Gasteiger partial charge in [-0.2, -0.15) is 0 Å². The Morgan fingerprint density at radius 3 is 2.47 bits per heavy atom. The highest BCUT2D eigenvalue weighted by Crippen LogP contribution is 2.42. The average molecular weight is 270 g/mol. The van der Waals surface area contributed by atoms with Crippen LogP contribution in [0, 0.1) is 17.8 Å². The van der Waals surface area contributed by atoms with E-state index in [0.29, 0.717) is 5.92 Å². The lowest BCUT2D eigenvalue weighted by Crippen LogP contribution is -2.24. The molecule has 0 aromatic heterocycles. The maximum atomic E-state index is 10.5. The van der Waals surface area contributed by atoms with Crippen LogP contribution < -0.4 is 0 Å². The lowest BCUT2D eigenvalue weighted by Gasteiger charge is -2.24. The van der Waals surface area contributed by atoms with Crippen LogP contribution in [-0.4, -0.2) is 30.7 Å². The molecule has 2 rings (SSSR count). The van der Waals surface area contributed by atoms with Gasteiger partial charge in [0.05, 0.1) is 19.3 Å². The van der Waals surface area contributed by atoms with Crippen LogP contribution in [0.2, 0.25) is 0 Å². The van der Waals surface area contributed by atoms with Crippen molar-refractivity contribution in [3.05, 3.63) is 0 Å². The predicted octanol–water partition coefficient (Wildman–Crippen LogP) is 3.35. The van der Waals surface area contributed by atoms with Crippen LogP contribution in [0.4, 0.5) is 0 Å². The SMILES string of the molecule is CCC1CC(CC)C(C(O)CCCC2OCCO2)C1. The van der Waals surface area contributed by atoms with Crippen molar-refractivity contribution in [3.63, 3.8) is 0 Å². The fourth-order valence-electron chi connectivity index (χ4n) is 3.83. The number of aliphatic hydroxyl groups is 1. The van der Waals surface area contributed by atoms with E-state index in [9.17, 15) is 5.11 Å². The second-order valence-corrected chi connectivity index (χ2v) is 6.25. The maximum absolute atomic E-state index is 10.5. The first-order chi connectivity index (χ1) is 9.24. The van der Waals surface area contributed by atoms with Crippen LogP contribution in [0.1, 0.15) is 58.8 Å². The van der Waals surface area contributed by atoms with Crippen LogP contribution >= 0.6 is 0 Å². The molecule has 2 aliphatic rings. The molecule has 0 radical (unpaired) electrons. The Kier molecular flexibility index (Phi) is 6.11. The van der Waals surface area contributed by atoms with Gasteiger partial charge in [0.1, 0.15) is 0 Å². The van der Waals surface area contributed by atoms with Crippen molar-refractivity contribution in [1.82, 2.24) is 0 Å². The second kappa shape index (κ2) is 7.61. The smallest absolute Gasteiger partial charge is 0.157 e. The molecule has 1 saturated carbocycles. The van der Waals surface area contributed by atoms with E-state index in [1.54, 1.807) is 0 Å². The van der Waals surface area contributed by atoms with E-state index < -0.39 is 0 Å². The van der Waals surface area contributed by atoms with E-state index in [1.165, 1.54) is 25.7 Å². The van der Waals surface area contributed by atoms with E-state index >= 15 is 0 Å². The van der Waals surface area contributed by atoms with Crippen LogP contribution in [0.5, 0.6) is 0 Å². The molecule has 1 aliphatic carbocycles. The highest BCUT2D eigenvalue weighted by molar-refractivity contribution is 4.86. The Labute approximate surface area is 117 Å². The van der Waals surface area contributed by atoms with E-state index in [0.717, 1.165) is 44.3 Å². The van der Waals surface area contributed by atoms with Crippen molar-refractivity contribution in [2.24, 2.45) is 17.8 Å². The molecule has 0 aromatic rings. The van der Waals surface area contributed by atoms with Gasteiger partial charge in [-0.05, 0) is 49.9 Å². The quantitative estimate of drug-likeness (QED) is 0.771. The van der Waals surface area contributed by atoms with Gasteiger partial charge in [-0.15, -0.1) is 0 Å². The van der Waals surface area contributed by atoms with Crippen molar-refractivity contribution < 1.29 is 14.6 Å². The molecule has 112 valence electrons. The second-order valence-electron chi connectivity index (χ2n) is 6.25. The van der Waals surface area contributed by atoms with Gasteiger partial charge < -0.3 is 14.6 Å². The molecule has 0 spiro atoms. The van der Waals surface area contributed by atoms with Gasteiger partial charge in [0.25, 0.3) is 0 Å². The first kappa shape index (κ1) is 15.3. The van der Waals surface area contributed by atoms with Crippen LogP contribution in [0.15, 0.2) is 0 Å². The van der Waals surface area contributed by atoms with Crippen LogP contribution in [0.3, 0.4) is 0 Å². The summed E-state index contributed by atoms with van der Waals surface area (Å²) in [4.78, 5) is 0. The minimum atomic E-state index is -0.122. The number of hydrogen-bond acceptors (Lipinski definition) is 3. The molecule has 19 heavy (non-hydrogen) atoms. The lowest BCUT2D eigenvalue weighted by molar-refractivity contribution is -0.0505. The Hall–Kier alpha value is -0.120. The average Bonchev–Trinajstić information content (AvgIpc) is 3.07. The van der Waals surface area contributed by atoms with Gasteiger partial charge in [0.2, 0.25) is 0 Å². The molecule has 1 heterocycles. The van der Waals surface area contributed by atoms with E-state index in [4.69, 9.17) is 9.47 Å². The number of hydrogen-bond donors (Lipinski definition) is 1. The Bertz CT molecular complexity index is 250. The first-order valence-electron chi connectivity index (χ1n) is 8.15. The fraction of sp³-hybridized carbons (Fsp3) is 1.00. The van der Waals surface area contributed by atoms with Gasteiger partial charge in [0.15, 0.2) is 6.29 Å². The van der Waals surface area contributed by atoms with Gasteiger partial charge >= 0.3 is 0 Å². The lowest BCUT2D eigenvalue weighted by atomic mass is 9.86. The molecule has 1 saturated heterocycles. The normalized spacial score (nSPS) is 33.9. The van der Waals surface area contributed by atoms with Gasteiger partial charge in [-0.25, -0.2) is 0 Å². The van der Waals surface area contributed by atoms with E-state index in [1.807, 2.05) is 0 Å². The van der Waals surface area contributed by atoms with Gasteiger partial charge in [-0.1, -0.05) is 26.7 Å². The molecule has 4 unspecified atom stereocenters. The third kappa shape index (κ3) is 4.17. The van der Waals surface area contributed by atoms with Gasteiger partial charge in [-0.3, -0.25) is 0 Å². The Morgan fingerprint density at radius 1 is 1.11 bits per heavy atom. The van der Waals surface area contributed by atoms with Crippen molar-refractivity contribution in [2.75, 3.05) is 13.2 Å².